The molecule has 5 atom stereocenters. The minimum absolute atomic E-state index is 0.438. The van der Waals surface area contributed by atoms with E-state index in [1.165, 1.54) is 0 Å². The molecule has 0 bridgehead atoms. The Morgan fingerprint density at radius 1 is 1.05 bits per heavy atom. The van der Waals surface area contributed by atoms with Gasteiger partial charge in [-0.05, 0) is 24.3 Å². The lowest BCUT2D eigenvalue weighted by Crippen LogP contribution is -2.60. The van der Waals surface area contributed by atoms with Crippen molar-refractivity contribution in [2.24, 2.45) is 0 Å². The van der Waals surface area contributed by atoms with E-state index in [0.717, 1.165) is 4.47 Å². The molecule has 1 fully saturated rings. The molecular weight excluding hydrogens is 320 g/mol. The minimum atomic E-state index is -1.44. The van der Waals surface area contributed by atoms with E-state index in [-0.39, 0.29) is 0 Å². The number of hydrogen-bond acceptors (Lipinski definition) is 6. The fraction of sp³-hybridized carbons (Fsp3) is 0.500. The topological polar surface area (TPSA) is 99.4 Å². The van der Waals surface area contributed by atoms with Crippen LogP contribution in [0.3, 0.4) is 0 Å². The number of ether oxygens (including phenoxy) is 2. The van der Waals surface area contributed by atoms with Gasteiger partial charge in [0, 0.05) is 4.47 Å². The van der Waals surface area contributed by atoms with Gasteiger partial charge in [0.05, 0.1) is 6.61 Å². The number of aliphatic hydroxyl groups is 4. The number of hydrogen-bond donors (Lipinski definition) is 4. The van der Waals surface area contributed by atoms with Crippen LogP contribution in [0.4, 0.5) is 0 Å². The lowest BCUT2D eigenvalue weighted by atomic mass is 9.99. The zero-order valence-electron chi connectivity index (χ0n) is 9.89. The summed E-state index contributed by atoms with van der Waals surface area (Å²) in [5.41, 5.74) is 0. The molecule has 1 heterocycles. The van der Waals surface area contributed by atoms with Crippen LogP contribution in [0, 0.1) is 0 Å². The predicted molar refractivity (Wildman–Crippen MR) is 68.5 cm³/mol. The quantitative estimate of drug-likeness (QED) is 0.602. The summed E-state index contributed by atoms with van der Waals surface area (Å²) in [5, 5.41) is 38.1. The summed E-state index contributed by atoms with van der Waals surface area (Å²) in [6.07, 6.45) is -6.35. The highest BCUT2D eigenvalue weighted by Gasteiger charge is 2.44. The molecule has 7 heteroatoms. The monoisotopic (exact) mass is 334 g/mol. The fourth-order valence-corrected chi connectivity index (χ4v) is 2.08. The predicted octanol–water partition coefficient (Wildman–Crippen LogP) is -0.372. The first-order valence-corrected chi connectivity index (χ1v) is 6.55. The van der Waals surface area contributed by atoms with Crippen LogP contribution in [0.2, 0.25) is 0 Å². The van der Waals surface area contributed by atoms with Crippen molar-refractivity contribution in [3.63, 3.8) is 0 Å². The molecule has 19 heavy (non-hydrogen) atoms. The lowest BCUT2D eigenvalue weighted by molar-refractivity contribution is -0.277. The van der Waals surface area contributed by atoms with Crippen LogP contribution in [0.5, 0.6) is 5.75 Å². The van der Waals surface area contributed by atoms with Crippen molar-refractivity contribution in [2.45, 2.75) is 30.7 Å². The molecule has 2 rings (SSSR count). The molecule has 0 saturated carbocycles. The molecule has 4 N–H and O–H groups in total. The molecule has 1 aliphatic heterocycles. The Bertz CT molecular complexity index is 409. The highest BCUT2D eigenvalue weighted by atomic mass is 79.9. The molecule has 0 aromatic heterocycles. The molecule has 0 spiro atoms. The van der Waals surface area contributed by atoms with Gasteiger partial charge in [0.1, 0.15) is 30.2 Å². The first kappa shape index (κ1) is 14.7. The van der Waals surface area contributed by atoms with E-state index in [0.29, 0.717) is 5.75 Å². The smallest absolute Gasteiger partial charge is 0.229 e. The second-order valence-electron chi connectivity index (χ2n) is 4.27. The Morgan fingerprint density at radius 3 is 2.26 bits per heavy atom. The van der Waals surface area contributed by atoms with Gasteiger partial charge in [-0.1, -0.05) is 15.9 Å². The van der Waals surface area contributed by atoms with E-state index in [1.807, 2.05) is 0 Å². The molecule has 1 aliphatic rings. The largest absolute Gasteiger partial charge is 0.462 e. The van der Waals surface area contributed by atoms with Crippen molar-refractivity contribution in [3.05, 3.63) is 28.7 Å². The average molecular weight is 335 g/mol. The maximum absolute atomic E-state index is 9.79. The molecule has 6 nitrogen and oxygen atoms in total. The Kier molecular flexibility index (Phi) is 4.77. The third kappa shape index (κ3) is 3.25. The van der Waals surface area contributed by atoms with Crippen LogP contribution in [0.25, 0.3) is 0 Å². The second-order valence-corrected chi connectivity index (χ2v) is 5.18. The van der Waals surface area contributed by atoms with E-state index in [1.54, 1.807) is 24.3 Å². The first-order chi connectivity index (χ1) is 9.02. The molecule has 0 radical (unpaired) electrons. The van der Waals surface area contributed by atoms with Gasteiger partial charge in [0.25, 0.3) is 0 Å². The van der Waals surface area contributed by atoms with Gasteiger partial charge in [-0.2, -0.15) is 0 Å². The van der Waals surface area contributed by atoms with Crippen LogP contribution >= 0.6 is 15.9 Å². The van der Waals surface area contributed by atoms with Gasteiger partial charge in [-0.3, -0.25) is 0 Å². The van der Waals surface area contributed by atoms with Crippen molar-refractivity contribution >= 4 is 15.9 Å². The second kappa shape index (κ2) is 6.17. The van der Waals surface area contributed by atoms with Gasteiger partial charge < -0.3 is 29.9 Å². The zero-order chi connectivity index (χ0) is 14.0. The standard InChI is InChI=1S/C12H15BrO6/c13-6-1-3-7(4-2-6)18-12-11(17)10(16)9(15)8(5-14)19-12/h1-4,8-12,14-17H,5H2/t8-,9+,10-,11-,12+/m0/s1. The molecule has 0 amide bonds. The Balaban J connectivity index is 2.08. The average Bonchev–Trinajstić information content (AvgIpc) is 2.42. The van der Waals surface area contributed by atoms with Gasteiger partial charge in [-0.15, -0.1) is 0 Å². The molecule has 1 aromatic rings. The summed E-state index contributed by atoms with van der Waals surface area (Å²) in [7, 11) is 0. The molecule has 106 valence electrons. The normalized spacial score (nSPS) is 35.1. The summed E-state index contributed by atoms with van der Waals surface area (Å²) in [6, 6.07) is 6.82. The van der Waals surface area contributed by atoms with Crippen LogP contribution in [-0.2, 0) is 4.74 Å². The maximum atomic E-state index is 9.79. The van der Waals surface area contributed by atoms with Gasteiger partial charge >= 0.3 is 0 Å². The number of halogens is 1. The van der Waals surface area contributed by atoms with E-state index in [2.05, 4.69) is 15.9 Å². The van der Waals surface area contributed by atoms with Crippen molar-refractivity contribution in [3.8, 4) is 5.75 Å². The molecule has 0 unspecified atom stereocenters. The third-order valence-corrected chi connectivity index (χ3v) is 3.44. The van der Waals surface area contributed by atoms with Crippen molar-refractivity contribution < 1.29 is 29.9 Å². The summed E-state index contributed by atoms with van der Waals surface area (Å²) >= 11 is 3.28. The summed E-state index contributed by atoms with van der Waals surface area (Å²) in [4.78, 5) is 0. The van der Waals surface area contributed by atoms with E-state index >= 15 is 0 Å². The summed E-state index contributed by atoms with van der Waals surface area (Å²) in [5.74, 6) is 0.438. The van der Waals surface area contributed by atoms with Crippen molar-refractivity contribution in [2.75, 3.05) is 6.61 Å². The minimum Gasteiger partial charge on any atom is -0.462 e. The van der Waals surface area contributed by atoms with Crippen LogP contribution in [-0.4, -0.2) is 57.7 Å². The Labute approximate surface area is 118 Å². The highest BCUT2D eigenvalue weighted by Crippen LogP contribution is 2.25. The van der Waals surface area contributed by atoms with E-state index < -0.39 is 37.3 Å². The van der Waals surface area contributed by atoms with Crippen molar-refractivity contribution in [1.29, 1.82) is 0 Å². The molecule has 0 aliphatic carbocycles. The van der Waals surface area contributed by atoms with Gasteiger partial charge in [0.15, 0.2) is 0 Å². The van der Waals surface area contributed by atoms with E-state index in [4.69, 9.17) is 14.6 Å². The fourth-order valence-electron chi connectivity index (χ4n) is 1.81. The SMILES string of the molecule is OC[C@@H]1O[C@@H](Oc2ccc(Br)cc2)[C@@H](O)[C@@H](O)[C@@H]1O. The van der Waals surface area contributed by atoms with Crippen LogP contribution in [0.1, 0.15) is 0 Å². The zero-order valence-corrected chi connectivity index (χ0v) is 11.5. The van der Waals surface area contributed by atoms with Crippen LogP contribution < -0.4 is 4.74 Å². The summed E-state index contributed by atoms with van der Waals surface area (Å²) in [6.45, 7) is -0.481. The van der Waals surface area contributed by atoms with Crippen LogP contribution in [0.15, 0.2) is 28.7 Å². The Morgan fingerprint density at radius 2 is 1.68 bits per heavy atom. The first-order valence-electron chi connectivity index (χ1n) is 5.75. The molecule has 1 aromatic carbocycles. The molecule has 1 saturated heterocycles. The third-order valence-electron chi connectivity index (χ3n) is 2.91. The molecular formula is C12H15BrO6. The summed E-state index contributed by atoms with van der Waals surface area (Å²) < 4.78 is 11.5. The highest BCUT2D eigenvalue weighted by molar-refractivity contribution is 9.10. The number of rotatable bonds is 3. The Hall–Kier alpha value is -0.700. The number of benzene rings is 1. The van der Waals surface area contributed by atoms with Crippen molar-refractivity contribution in [1.82, 2.24) is 0 Å². The van der Waals surface area contributed by atoms with Gasteiger partial charge in [0.2, 0.25) is 6.29 Å². The van der Waals surface area contributed by atoms with E-state index in [9.17, 15) is 15.3 Å². The van der Waals surface area contributed by atoms with Gasteiger partial charge in [-0.25, -0.2) is 0 Å². The maximum Gasteiger partial charge on any atom is 0.229 e. The lowest BCUT2D eigenvalue weighted by Gasteiger charge is -2.39. The number of aliphatic hydroxyl groups excluding tert-OH is 4.